The summed E-state index contributed by atoms with van der Waals surface area (Å²) < 4.78 is 0. The summed E-state index contributed by atoms with van der Waals surface area (Å²) in [6, 6.07) is 10.1. The molecule has 0 aliphatic heterocycles. The van der Waals surface area contributed by atoms with Crippen molar-refractivity contribution in [1.82, 2.24) is 5.32 Å². The van der Waals surface area contributed by atoms with Crippen molar-refractivity contribution in [3.63, 3.8) is 0 Å². The van der Waals surface area contributed by atoms with Gasteiger partial charge in [-0.1, -0.05) is 44.2 Å². The molecule has 0 heterocycles. The van der Waals surface area contributed by atoms with Gasteiger partial charge in [-0.05, 0) is 24.3 Å². The van der Waals surface area contributed by atoms with Crippen LogP contribution in [0, 0.1) is 5.41 Å². The van der Waals surface area contributed by atoms with Crippen LogP contribution in [0.15, 0.2) is 30.3 Å². The van der Waals surface area contributed by atoms with Gasteiger partial charge in [0.1, 0.15) is 5.54 Å². The van der Waals surface area contributed by atoms with Gasteiger partial charge in [0, 0.05) is 12.5 Å². The number of hydrogen-bond acceptors (Lipinski definition) is 2. The molecule has 0 spiro atoms. The molecular weight excluding hydrogens is 226 g/mol. The first-order valence-corrected chi connectivity index (χ1v) is 6.38. The van der Waals surface area contributed by atoms with Gasteiger partial charge in [0.15, 0.2) is 0 Å². The Morgan fingerprint density at radius 1 is 1.44 bits per heavy atom. The first-order valence-electron chi connectivity index (χ1n) is 6.38. The van der Waals surface area contributed by atoms with Crippen LogP contribution in [-0.2, 0) is 11.2 Å². The first-order chi connectivity index (χ1) is 8.33. The minimum absolute atomic E-state index is 0.230. The molecule has 1 aliphatic carbocycles. The van der Waals surface area contributed by atoms with E-state index >= 15 is 0 Å². The Labute approximate surface area is 108 Å². The molecule has 1 aromatic carbocycles. The van der Waals surface area contributed by atoms with Gasteiger partial charge in [-0.2, -0.15) is 0 Å². The van der Waals surface area contributed by atoms with Crippen molar-refractivity contribution >= 4 is 5.97 Å². The van der Waals surface area contributed by atoms with Crippen LogP contribution in [0.4, 0.5) is 0 Å². The van der Waals surface area contributed by atoms with Gasteiger partial charge >= 0.3 is 5.97 Å². The molecule has 18 heavy (non-hydrogen) atoms. The minimum Gasteiger partial charge on any atom is -0.480 e. The third-order valence-corrected chi connectivity index (χ3v) is 3.88. The number of nitrogens with one attached hydrogen (secondary N) is 1. The second kappa shape index (κ2) is 4.39. The van der Waals surface area contributed by atoms with Gasteiger partial charge in [0.05, 0.1) is 0 Å². The minimum atomic E-state index is -0.889. The van der Waals surface area contributed by atoms with Crippen molar-refractivity contribution in [1.29, 1.82) is 0 Å². The third kappa shape index (κ3) is 2.72. The lowest BCUT2D eigenvalue weighted by molar-refractivity contribution is -0.144. The van der Waals surface area contributed by atoms with E-state index in [-0.39, 0.29) is 5.41 Å². The highest BCUT2D eigenvalue weighted by Crippen LogP contribution is 2.45. The summed E-state index contributed by atoms with van der Waals surface area (Å²) >= 11 is 0. The van der Waals surface area contributed by atoms with E-state index in [1.54, 1.807) is 6.92 Å². The summed E-state index contributed by atoms with van der Waals surface area (Å²) in [5.74, 6) is -0.783. The molecule has 2 N–H and O–H groups in total. The van der Waals surface area contributed by atoms with Crippen LogP contribution >= 0.6 is 0 Å². The molecule has 0 amide bonds. The van der Waals surface area contributed by atoms with Crippen molar-refractivity contribution in [3.8, 4) is 0 Å². The summed E-state index contributed by atoms with van der Waals surface area (Å²) in [5, 5.41) is 12.8. The smallest absolute Gasteiger partial charge is 0.323 e. The van der Waals surface area contributed by atoms with Crippen molar-refractivity contribution in [2.24, 2.45) is 5.41 Å². The van der Waals surface area contributed by atoms with E-state index in [2.05, 4.69) is 19.2 Å². The maximum absolute atomic E-state index is 11.5. The van der Waals surface area contributed by atoms with E-state index in [4.69, 9.17) is 0 Å². The van der Waals surface area contributed by atoms with Crippen LogP contribution in [0.1, 0.15) is 32.8 Å². The molecule has 0 radical (unpaired) electrons. The lowest BCUT2D eigenvalue weighted by Crippen LogP contribution is -2.53. The second-order valence-electron chi connectivity index (χ2n) is 6.19. The summed E-state index contributed by atoms with van der Waals surface area (Å²) in [6.45, 7) is 6.10. The predicted molar refractivity (Wildman–Crippen MR) is 71.5 cm³/mol. The quantitative estimate of drug-likeness (QED) is 0.840. The lowest BCUT2D eigenvalue weighted by Gasteiger charge is -2.27. The summed E-state index contributed by atoms with van der Waals surface area (Å²) in [5.41, 5.74) is 0.390. The molecule has 0 saturated heterocycles. The average molecular weight is 247 g/mol. The molecule has 3 heteroatoms. The van der Waals surface area contributed by atoms with E-state index < -0.39 is 11.5 Å². The molecule has 2 unspecified atom stereocenters. The zero-order valence-corrected chi connectivity index (χ0v) is 11.2. The number of carboxylic acids is 1. The summed E-state index contributed by atoms with van der Waals surface area (Å²) in [4.78, 5) is 11.5. The lowest BCUT2D eigenvalue weighted by atomic mass is 9.92. The average Bonchev–Trinajstić information content (AvgIpc) is 2.86. The largest absolute Gasteiger partial charge is 0.480 e. The van der Waals surface area contributed by atoms with E-state index in [1.807, 2.05) is 30.3 Å². The highest BCUT2D eigenvalue weighted by molar-refractivity contribution is 5.79. The Bertz CT molecular complexity index is 441. The van der Waals surface area contributed by atoms with Crippen LogP contribution < -0.4 is 5.32 Å². The second-order valence-corrected chi connectivity index (χ2v) is 6.19. The Kier molecular flexibility index (Phi) is 3.20. The monoisotopic (exact) mass is 247 g/mol. The van der Waals surface area contributed by atoms with E-state index in [9.17, 15) is 9.90 Å². The number of carbonyl (C=O) groups is 1. The predicted octanol–water partition coefficient (Wildman–Crippen LogP) is 2.46. The summed E-state index contributed by atoms with van der Waals surface area (Å²) in [7, 11) is 0. The molecule has 98 valence electrons. The van der Waals surface area contributed by atoms with Crippen LogP contribution in [0.2, 0.25) is 0 Å². The standard InChI is InChI=1S/C15H21NO2/c1-14(2)10-12(14)16-15(3,13(17)18)9-11-7-5-4-6-8-11/h4-8,12,16H,9-10H2,1-3H3,(H,17,18). The highest BCUT2D eigenvalue weighted by atomic mass is 16.4. The molecule has 1 aliphatic rings. The van der Waals surface area contributed by atoms with Gasteiger partial charge < -0.3 is 5.11 Å². The fourth-order valence-electron chi connectivity index (χ4n) is 2.29. The molecule has 2 atom stereocenters. The fraction of sp³-hybridized carbons (Fsp3) is 0.533. The van der Waals surface area contributed by atoms with Crippen molar-refractivity contribution < 1.29 is 9.90 Å². The van der Waals surface area contributed by atoms with Gasteiger partial charge in [0.25, 0.3) is 0 Å². The van der Waals surface area contributed by atoms with Crippen LogP contribution in [-0.4, -0.2) is 22.7 Å². The Morgan fingerprint density at radius 2 is 2.00 bits per heavy atom. The fourth-order valence-corrected chi connectivity index (χ4v) is 2.29. The number of hydrogen-bond donors (Lipinski definition) is 2. The van der Waals surface area contributed by atoms with E-state index in [1.165, 1.54) is 0 Å². The Balaban J connectivity index is 2.10. The topological polar surface area (TPSA) is 49.3 Å². The van der Waals surface area contributed by atoms with Gasteiger partial charge in [0.2, 0.25) is 0 Å². The number of benzene rings is 1. The molecule has 1 fully saturated rings. The van der Waals surface area contributed by atoms with Gasteiger partial charge in [-0.25, -0.2) is 0 Å². The van der Waals surface area contributed by atoms with Crippen LogP contribution in [0.5, 0.6) is 0 Å². The van der Waals surface area contributed by atoms with Gasteiger partial charge in [-0.3, -0.25) is 10.1 Å². The SMILES string of the molecule is CC(Cc1ccccc1)(NC1CC1(C)C)C(=O)O. The third-order valence-electron chi connectivity index (χ3n) is 3.88. The number of carboxylic acid groups (broad SMARTS) is 1. The molecule has 2 rings (SSSR count). The van der Waals surface area contributed by atoms with E-state index in [0.29, 0.717) is 12.5 Å². The highest BCUT2D eigenvalue weighted by Gasteiger charge is 2.50. The Hall–Kier alpha value is -1.35. The van der Waals surface area contributed by atoms with Crippen molar-refractivity contribution in [2.45, 2.75) is 45.2 Å². The zero-order valence-electron chi connectivity index (χ0n) is 11.2. The molecule has 0 bridgehead atoms. The van der Waals surface area contributed by atoms with Crippen LogP contribution in [0.25, 0.3) is 0 Å². The molecular formula is C15H21NO2. The maximum Gasteiger partial charge on any atom is 0.323 e. The summed E-state index contributed by atoms with van der Waals surface area (Å²) in [6.07, 6.45) is 1.56. The van der Waals surface area contributed by atoms with Crippen LogP contribution in [0.3, 0.4) is 0 Å². The number of aliphatic carboxylic acids is 1. The van der Waals surface area contributed by atoms with Crippen molar-refractivity contribution in [3.05, 3.63) is 35.9 Å². The van der Waals surface area contributed by atoms with Crippen molar-refractivity contribution in [2.75, 3.05) is 0 Å². The first kappa shape index (κ1) is 13.1. The normalized spacial score (nSPS) is 24.3. The Morgan fingerprint density at radius 3 is 2.44 bits per heavy atom. The van der Waals surface area contributed by atoms with E-state index in [0.717, 1.165) is 12.0 Å². The number of rotatable bonds is 5. The molecule has 3 nitrogen and oxygen atoms in total. The molecule has 1 aromatic rings. The van der Waals surface area contributed by atoms with Gasteiger partial charge in [-0.15, -0.1) is 0 Å². The zero-order chi connectivity index (χ0) is 13.4. The maximum atomic E-state index is 11.5. The molecule has 0 aromatic heterocycles. The molecule has 1 saturated carbocycles.